The molecule has 2 rings (SSSR count). The number of benzene rings is 2. The first kappa shape index (κ1) is 14.3. The molecule has 2 aromatic carbocycles. The topological polar surface area (TPSA) is 47.3 Å². The van der Waals surface area contributed by atoms with Crippen LogP contribution in [0.4, 0.5) is 14.5 Å². The number of anilines is 1. The van der Waals surface area contributed by atoms with Gasteiger partial charge in [-0.3, -0.25) is 0 Å². The van der Waals surface area contributed by atoms with Gasteiger partial charge in [-0.15, -0.1) is 0 Å². The lowest BCUT2D eigenvalue weighted by atomic mass is 10.1. The summed E-state index contributed by atoms with van der Waals surface area (Å²) >= 11 is 0. The van der Waals surface area contributed by atoms with Crippen molar-refractivity contribution in [3.63, 3.8) is 0 Å². The zero-order valence-electron chi connectivity index (χ0n) is 10.8. The second kappa shape index (κ2) is 6.86. The minimum absolute atomic E-state index is 0.0852. The van der Waals surface area contributed by atoms with Crippen LogP contribution in [0.2, 0.25) is 0 Å². The number of alkyl halides is 2. The normalized spacial score (nSPS) is 12.2. The third kappa shape index (κ3) is 3.93. The highest BCUT2D eigenvalue weighted by atomic mass is 19.3. The number of rotatable bonds is 6. The number of nitrogens with two attached hydrogens (primary N) is 1. The molecule has 0 aliphatic rings. The first-order valence-corrected chi connectivity index (χ1v) is 6.25. The molecule has 2 aromatic rings. The van der Waals surface area contributed by atoms with Crippen LogP contribution in [0.5, 0.6) is 5.75 Å². The molecule has 20 heavy (non-hydrogen) atoms. The highest BCUT2D eigenvalue weighted by Crippen LogP contribution is 2.22. The van der Waals surface area contributed by atoms with Gasteiger partial charge in [0.1, 0.15) is 5.75 Å². The van der Waals surface area contributed by atoms with Crippen molar-refractivity contribution >= 4 is 5.69 Å². The van der Waals surface area contributed by atoms with E-state index in [1.165, 1.54) is 12.1 Å². The molecule has 0 aromatic heterocycles. The summed E-state index contributed by atoms with van der Waals surface area (Å²) in [6, 6.07) is 16.1. The SMILES string of the molecule is NCC(Nc1ccccc1)c1ccc(OC(F)F)cc1. The summed E-state index contributed by atoms with van der Waals surface area (Å²) in [6.45, 7) is -2.42. The van der Waals surface area contributed by atoms with Crippen LogP contribution in [-0.2, 0) is 0 Å². The molecule has 1 atom stereocenters. The van der Waals surface area contributed by atoms with E-state index in [9.17, 15) is 8.78 Å². The van der Waals surface area contributed by atoms with Crippen LogP contribution in [0.25, 0.3) is 0 Å². The molecule has 5 heteroatoms. The van der Waals surface area contributed by atoms with Crippen LogP contribution in [0.1, 0.15) is 11.6 Å². The maximum absolute atomic E-state index is 12.1. The van der Waals surface area contributed by atoms with Crippen LogP contribution in [0.15, 0.2) is 54.6 Å². The molecule has 3 N–H and O–H groups in total. The minimum atomic E-state index is -2.81. The maximum Gasteiger partial charge on any atom is 0.387 e. The van der Waals surface area contributed by atoms with Crippen LogP contribution >= 0.6 is 0 Å². The summed E-state index contributed by atoms with van der Waals surface area (Å²) in [5.74, 6) is 0.138. The van der Waals surface area contributed by atoms with E-state index in [4.69, 9.17) is 5.73 Å². The standard InChI is InChI=1S/C15H16F2N2O/c16-15(17)20-13-8-6-11(7-9-13)14(10-18)19-12-4-2-1-3-5-12/h1-9,14-15,19H,10,18H2. The van der Waals surface area contributed by atoms with Crippen molar-refractivity contribution in [2.75, 3.05) is 11.9 Å². The molecule has 0 amide bonds. The molecular formula is C15H16F2N2O. The monoisotopic (exact) mass is 278 g/mol. The van der Waals surface area contributed by atoms with Crippen molar-refractivity contribution in [2.45, 2.75) is 12.7 Å². The lowest BCUT2D eigenvalue weighted by Gasteiger charge is -2.19. The fourth-order valence-electron chi connectivity index (χ4n) is 1.90. The third-order valence-electron chi connectivity index (χ3n) is 2.86. The lowest BCUT2D eigenvalue weighted by Crippen LogP contribution is -2.20. The smallest absolute Gasteiger partial charge is 0.387 e. The average molecular weight is 278 g/mol. The van der Waals surface area contributed by atoms with Gasteiger partial charge in [0, 0.05) is 12.2 Å². The molecule has 0 fully saturated rings. The van der Waals surface area contributed by atoms with Crippen molar-refractivity contribution in [3.05, 3.63) is 60.2 Å². The Balaban J connectivity index is 2.07. The van der Waals surface area contributed by atoms with Crippen LogP contribution in [-0.4, -0.2) is 13.2 Å². The molecule has 0 heterocycles. The Morgan fingerprint density at radius 3 is 2.20 bits per heavy atom. The zero-order chi connectivity index (χ0) is 14.4. The van der Waals surface area contributed by atoms with Crippen molar-refractivity contribution in [3.8, 4) is 5.75 Å². The molecule has 0 saturated carbocycles. The van der Waals surface area contributed by atoms with Gasteiger partial charge in [0.2, 0.25) is 0 Å². The Bertz CT molecular complexity index is 517. The Kier molecular flexibility index (Phi) is 4.90. The molecule has 0 spiro atoms. The lowest BCUT2D eigenvalue weighted by molar-refractivity contribution is -0.0498. The molecular weight excluding hydrogens is 262 g/mol. The van der Waals surface area contributed by atoms with E-state index >= 15 is 0 Å². The predicted molar refractivity (Wildman–Crippen MR) is 74.9 cm³/mol. The van der Waals surface area contributed by atoms with Gasteiger partial charge in [0.25, 0.3) is 0 Å². The molecule has 0 bridgehead atoms. The summed E-state index contributed by atoms with van der Waals surface area (Å²) in [7, 11) is 0. The number of nitrogens with one attached hydrogen (secondary N) is 1. The third-order valence-corrected chi connectivity index (χ3v) is 2.86. The largest absolute Gasteiger partial charge is 0.435 e. The highest BCUT2D eigenvalue weighted by Gasteiger charge is 2.10. The second-order valence-electron chi connectivity index (χ2n) is 4.25. The van der Waals surface area contributed by atoms with E-state index in [2.05, 4.69) is 10.1 Å². The van der Waals surface area contributed by atoms with Gasteiger partial charge in [0.15, 0.2) is 0 Å². The highest BCUT2D eigenvalue weighted by molar-refractivity contribution is 5.45. The predicted octanol–water partition coefficient (Wildman–Crippen LogP) is 3.40. The van der Waals surface area contributed by atoms with Crippen molar-refractivity contribution in [1.29, 1.82) is 0 Å². The second-order valence-corrected chi connectivity index (χ2v) is 4.25. The van der Waals surface area contributed by atoms with Gasteiger partial charge in [-0.05, 0) is 29.8 Å². The van der Waals surface area contributed by atoms with Gasteiger partial charge >= 0.3 is 6.61 Å². The minimum Gasteiger partial charge on any atom is -0.435 e. The van der Waals surface area contributed by atoms with Crippen LogP contribution in [0.3, 0.4) is 0 Å². The van der Waals surface area contributed by atoms with Crippen molar-refractivity contribution in [2.24, 2.45) is 5.73 Å². The molecule has 3 nitrogen and oxygen atoms in total. The first-order valence-electron chi connectivity index (χ1n) is 6.25. The zero-order valence-corrected chi connectivity index (χ0v) is 10.8. The summed E-state index contributed by atoms with van der Waals surface area (Å²) in [5, 5.41) is 3.29. The number of ether oxygens (including phenoxy) is 1. The fourth-order valence-corrected chi connectivity index (χ4v) is 1.90. The van der Waals surface area contributed by atoms with Gasteiger partial charge in [-0.25, -0.2) is 0 Å². The Hall–Kier alpha value is -2.14. The van der Waals surface area contributed by atoms with E-state index in [0.717, 1.165) is 11.3 Å². The van der Waals surface area contributed by atoms with E-state index in [1.807, 2.05) is 30.3 Å². The number of halogens is 2. The van der Waals surface area contributed by atoms with Crippen LogP contribution in [0, 0.1) is 0 Å². The quantitative estimate of drug-likeness (QED) is 0.851. The Morgan fingerprint density at radius 2 is 1.65 bits per heavy atom. The van der Waals surface area contributed by atoms with Gasteiger partial charge in [-0.1, -0.05) is 30.3 Å². The molecule has 0 aliphatic heterocycles. The van der Waals surface area contributed by atoms with Gasteiger partial charge in [0.05, 0.1) is 6.04 Å². The van der Waals surface area contributed by atoms with Gasteiger partial charge < -0.3 is 15.8 Å². The average Bonchev–Trinajstić information content (AvgIpc) is 2.46. The van der Waals surface area contributed by atoms with E-state index in [-0.39, 0.29) is 11.8 Å². The number of para-hydroxylation sites is 1. The Morgan fingerprint density at radius 1 is 1.00 bits per heavy atom. The first-order chi connectivity index (χ1) is 9.69. The summed E-state index contributed by atoms with van der Waals surface area (Å²) in [5.41, 5.74) is 7.63. The van der Waals surface area contributed by atoms with Crippen LogP contribution < -0.4 is 15.8 Å². The van der Waals surface area contributed by atoms with Gasteiger partial charge in [-0.2, -0.15) is 8.78 Å². The molecule has 1 unspecified atom stereocenters. The van der Waals surface area contributed by atoms with Crippen molar-refractivity contribution in [1.82, 2.24) is 0 Å². The molecule has 0 aliphatic carbocycles. The Labute approximate surface area is 116 Å². The molecule has 0 saturated heterocycles. The summed E-state index contributed by atoms with van der Waals surface area (Å²) in [4.78, 5) is 0. The van der Waals surface area contributed by atoms with E-state index in [0.29, 0.717) is 6.54 Å². The fraction of sp³-hybridized carbons (Fsp3) is 0.200. The van der Waals surface area contributed by atoms with Crippen molar-refractivity contribution < 1.29 is 13.5 Å². The maximum atomic E-state index is 12.1. The number of hydrogen-bond donors (Lipinski definition) is 2. The molecule has 0 radical (unpaired) electrons. The summed E-state index contributed by atoms with van der Waals surface area (Å²) in [6.07, 6.45) is 0. The number of hydrogen-bond acceptors (Lipinski definition) is 3. The summed E-state index contributed by atoms with van der Waals surface area (Å²) < 4.78 is 28.5. The van der Waals surface area contributed by atoms with E-state index < -0.39 is 6.61 Å². The van der Waals surface area contributed by atoms with E-state index in [1.54, 1.807) is 12.1 Å². The molecule has 106 valence electrons.